The fraction of sp³-hybridized carbons (Fsp3) is 0.375. The van der Waals surface area contributed by atoms with E-state index in [0.717, 1.165) is 35.2 Å². The van der Waals surface area contributed by atoms with Crippen LogP contribution < -0.4 is 4.90 Å². The summed E-state index contributed by atoms with van der Waals surface area (Å²) in [6.07, 6.45) is 0.894. The molecule has 1 N–H and O–H groups in total. The molecule has 104 valence electrons. The summed E-state index contributed by atoms with van der Waals surface area (Å²) in [6.45, 7) is 4.75. The maximum atomic E-state index is 11.5. The van der Waals surface area contributed by atoms with Gasteiger partial charge in [0.05, 0.1) is 5.52 Å². The van der Waals surface area contributed by atoms with E-state index in [4.69, 9.17) is 0 Å². The highest BCUT2D eigenvalue weighted by atomic mass is 16.4. The lowest BCUT2D eigenvalue weighted by molar-refractivity contribution is -0.139. The molecule has 0 aliphatic carbocycles. The van der Waals surface area contributed by atoms with Crippen molar-refractivity contribution in [3.8, 4) is 0 Å². The van der Waals surface area contributed by atoms with Crippen molar-refractivity contribution in [2.75, 3.05) is 11.4 Å². The van der Waals surface area contributed by atoms with Crippen molar-refractivity contribution in [1.82, 2.24) is 4.98 Å². The molecule has 4 nitrogen and oxygen atoms in total. The number of hydrogen-bond acceptors (Lipinski definition) is 3. The average Bonchev–Trinajstić information content (AvgIpc) is 2.79. The van der Waals surface area contributed by atoms with Gasteiger partial charge in [0.15, 0.2) is 0 Å². The summed E-state index contributed by atoms with van der Waals surface area (Å²) in [5, 5.41) is 10.5. The van der Waals surface area contributed by atoms with Crippen molar-refractivity contribution in [1.29, 1.82) is 0 Å². The van der Waals surface area contributed by atoms with E-state index in [-0.39, 0.29) is 5.92 Å². The highest BCUT2D eigenvalue weighted by Crippen LogP contribution is 2.32. The molecule has 1 aromatic carbocycles. The minimum absolute atomic E-state index is 0.153. The van der Waals surface area contributed by atoms with Gasteiger partial charge in [-0.25, -0.2) is 9.78 Å². The van der Waals surface area contributed by atoms with Crippen molar-refractivity contribution < 1.29 is 9.90 Å². The van der Waals surface area contributed by atoms with Gasteiger partial charge >= 0.3 is 5.97 Å². The molecule has 2 unspecified atom stereocenters. The van der Waals surface area contributed by atoms with E-state index in [9.17, 15) is 9.90 Å². The molecule has 0 bridgehead atoms. The van der Waals surface area contributed by atoms with Gasteiger partial charge in [0.1, 0.15) is 11.9 Å². The van der Waals surface area contributed by atoms with E-state index in [2.05, 4.69) is 11.1 Å². The Morgan fingerprint density at radius 2 is 2.15 bits per heavy atom. The fourth-order valence-corrected chi connectivity index (χ4v) is 3.06. The van der Waals surface area contributed by atoms with Crippen LogP contribution in [-0.4, -0.2) is 28.6 Å². The van der Waals surface area contributed by atoms with Crippen LogP contribution in [0.5, 0.6) is 0 Å². The Bertz CT molecular complexity index is 669. The monoisotopic (exact) mass is 270 g/mol. The van der Waals surface area contributed by atoms with Crippen LogP contribution in [0.25, 0.3) is 10.9 Å². The van der Waals surface area contributed by atoms with E-state index >= 15 is 0 Å². The van der Waals surface area contributed by atoms with Crippen molar-refractivity contribution >= 4 is 22.7 Å². The Kier molecular flexibility index (Phi) is 3.08. The number of anilines is 1. The summed E-state index contributed by atoms with van der Waals surface area (Å²) in [5.41, 5.74) is 1.95. The van der Waals surface area contributed by atoms with Crippen LogP contribution >= 0.6 is 0 Å². The molecule has 2 heterocycles. The average molecular weight is 270 g/mol. The minimum atomic E-state index is -0.760. The zero-order valence-corrected chi connectivity index (χ0v) is 11.7. The van der Waals surface area contributed by atoms with Gasteiger partial charge in [0.2, 0.25) is 0 Å². The summed E-state index contributed by atoms with van der Waals surface area (Å²) < 4.78 is 0. The molecule has 0 amide bonds. The Hall–Kier alpha value is -2.10. The molecular formula is C16H18N2O2. The number of para-hydroxylation sites is 1. The predicted octanol–water partition coefficient (Wildman–Crippen LogP) is 2.84. The molecule has 2 atom stereocenters. The van der Waals surface area contributed by atoms with Crippen LogP contribution in [0.15, 0.2) is 30.3 Å². The van der Waals surface area contributed by atoms with Gasteiger partial charge in [0.25, 0.3) is 0 Å². The molecule has 0 radical (unpaired) electrons. The van der Waals surface area contributed by atoms with Crippen LogP contribution in [0, 0.1) is 12.8 Å². The number of benzene rings is 1. The van der Waals surface area contributed by atoms with Gasteiger partial charge in [-0.05, 0) is 37.0 Å². The zero-order chi connectivity index (χ0) is 14.3. The van der Waals surface area contributed by atoms with Gasteiger partial charge in [-0.2, -0.15) is 0 Å². The first-order valence-electron chi connectivity index (χ1n) is 6.94. The third-order valence-corrected chi connectivity index (χ3v) is 4.11. The number of rotatable bonds is 2. The largest absolute Gasteiger partial charge is 0.480 e. The van der Waals surface area contributed by atoms with Crippen LogP contribution in [0.1, 0.15) is 18.9 Å². The number of carbonyl (C=O) groups is 1. The molecule has 1 saturated heterocycles. The van der Waals surface area contributed by atoms with Crippen molar-refractivity contribution in [2.24, 2.45) is 5.92 Å². The molecule has 0 spiro atoms. The molecule has 20 heavy (non-hydrogen) atoms. The Labute approximate surface area is 118 Å². The summed E-state index contributed by atoms with van der Waals surface area (Å²) in [5.74, 6) is 0.199. The van der Waals surface area contributed by atoms with Crippen LogP contribution in [-0.2, 0) is 4.79 Å². The number of fused-ring (bicyclic) bond motifs is 1. The maximum absolute atomic E-state index is 11.5. The molecule has 1 aromatic heterocycles. The third-order valence-electron chi connectivity index (χ3n) is 4.11. The summed E-state index contributed by atoms with van der Waals surface area (Å²) in [4.78, 5) is 18.1. The Balaban J connectivity index is 2.09. The third kappa shape index (κ3) is 2.01. The molecule has 0 saturated carbocycles. The lowest BCUT2D eigenvalue weighted by atomic mass is 10.0. The summed E-state index contributed by atoms with van der Waals surface area (Å²) in [6, 6.07) is 9.55. The highest BCUT2D eigenvalue weighted by Gasteiger charge is 2.38. The lowest BCUT2D eigenvalue weighted by Gasteiger charge is -2.26. The van der Waals surface area contributed by atoms with E-state index in [1.807, 2.05) is 43.0 Å². The number of carboxylic acids is 1. The summed E-state index contributed by atoms with van der Waals surface area (Å²) >= 11 is 0. The predicted molar refractivity (Wildman–Crippen MR) is 79.0 cm³/mol. The number of aryl methyl sites for hydroxylation is 1. The van der Waals surface area contributed by atoms with Crippen LogP contribution in [0.4, 0.5) is 5.82 Å². The number of pyridine rings is 1. The van der Waals surface area contributed by atoms with E-state index in [0.29, 0.717) is 0 Å². The molecular weight excluding hydrogens is 252 g/mol. The van der Waals surface area contributed by atoms with Gasteiger partial charge in [-0.1, -0.05) is 25.1 Å². The number of aromatic nitrogens is 1. The smallest absolute Gasteiger partial charge is 0.326 e. The lowest BCUT2D eigenvalue weighted by Crippen LogP contribution is -2.39. The number of nitrogens with zero attached hydrogens (tertiary/aromatic N) is 2. The standard InChI is InChI=1S/C16H18N2O2/c1-10-7-8-18(14(10)16(19)20)15-11(2)9-12-5-3-4-6-13(12)17-15/h3-6,9-10,14H,7-8H2,1-2H3,(H,19,20). The quantitative estimate of drug-likeness (QED) is 0.911. The molecule has 4 heteroatoms. The van der Waals surface area contributed by atoms with Crippen molar-refractivity contribution in [2.45, 2.75) is 26.3 Å². The van der Waals surface area contributed by atoms with Crippen LogP contribution in [0.3, 0.4) is 0 Å². The van der Waals surface area contributed by atoms with E-state index in [1.165, 1.54) is 0 Å². The molecule has 1 aliphatic rings. The first-order valence-corrected chi connectivity index (χ1v) is 6.94. The molecule has 3 rings (SSSR count). The second kappa shape index (κ2) is 4.78. The number of aliphatic carboxylic acids is 1. The zero-order valence-electron chi connectivity index (χ0n) is 11.7. The van der Waals surface area contributed by atoms with E-state index in [1.54, 1.807) is 0 Å². The van der Waals surface area contributed by atoms with Gasteiger partial charge in [0, 0.05) is 11.9 Å². The molecule has 1 fully saturated rings. The fourth-order valence-electron chi connectivity index (χ4n) is 3.06. The maximum Gasteiger partial charge on any atom is 0.326 e. The summed E-state index contributed by atoms with van der Waals surface area (Å²) in [7, 11) is 0. The van der Waals surface area contributed by atoms with Crippen LogP contribution in [0.2, 0.25) is 0 Å². The molecule has 2 aromatic rings. The number of carboxylic acid groups (broad SMARTS) is 1. The normalized spacial score (nSPS) is 22.4. The van der Waals surface area contributed by atoms with Gasteiger partial charge in [-0.3, -0.25) is 0 Å². The first-order chi connectivity index (χ1) is 9.58. The van der Waals surface area contributed by atoms with Gasteiger partial charge < -0.3 is 10.0 Å². The topological polar surface area (TPSA) is 53.4 Å². The van der Waals surface area contributed by atoms with Crippen molar-refractivity contribution in [3.05, 3.63) is 35.9 Å². The van der Waals surface area contributed by atoms with Crippen molar-refractivity contribution in [3.63, 3.8) is 0 Å². The van der Waals surface area contributed by atoms with E-state index < -0.39 is 12.0 Å². The number of hydrogen-bond donors (Lipinski definition) is 1. The SMILES string of the molecule is Cc1cc2ccccc2nc1N1CCC(C)C1C(=O)O. The highest BCUT2D eigenvalue weighted by molar-refractivity contribution is 5.84. The first kappa shape index (κ1) is 12.9. The Morgan fingerprint density at radius 1 is 1.40 bits per heavy atom. The second-order valence-electron chi connectivity index (χ2n) is 5.56. The minimum Gasteiger partial charge on any atom is -0.480 e. The second-order valence-corrected chi connectivity index (χ2v) is 5.56. The molecule has 1 aliphatic heterocycles. The Morgan fingerprint density at radius 3 is 2.90 bits per heavy atom. The van der Waals surface area contributed by atoms with Gasteiger partial charge in [-0.15, -0.1) is 0 Å².